The predicted octanol–water partition coefficient (Wildman–Crippen LogP) is 3.01. The highest BCUT2D eigenvalue weighted by atomic mass is 16.1. The van der Waals surface area contributed by atoms with Crippen LogP contribution in [0.2, 0.25) is 0 Å². The highest BCUT2D eigenvalue weighted by Crippen LogP contribution is 2.32. The molecule has 1 amide bonds. The first-order chi connectivity index (χ1) is 9.16. The quantitative estimate of drug-likeness (QED) is 0.901. The minimum absolute atomic E-state index is 0.329. The first kappa shape index (κ1) is 12.3. The second-order valence-electron chi connectivity index (χ2n) is 5.68. The number of amides is 1. The summed E-state index contributed by atoms with van der Waals surface area (Å²) in [5.74, 6) is 0.441. The molecule has 3 nitrogen and oxygen atoms in total. The van der Waals surface area contributed by atoms with Crippen LogP contribution in [-0.4, -0.2) is 10.5 Å². The van der Waals surface area contributed by atoms with Crippen molar-refractivity contribution in [1.82, 2.24) is 4.57 Å². The average molecular weight is 256 g/mol. The van der Waals surface area contributed by atoms with E-state index in [0.29, 0.717) is 5.56 Å². The van der Waals surface area contributed by atoms with E-state index in [4.69, 9.17) is 5.73 Å². The molecule has 0 aliphatic heterocycles. The van der Waals surface area contributed by atoms with E-state index in [1.165, 1.54) is 31.2 Å². The number of hydrogen-bond acceptors (Lipinski definition) is 1. The van der Waals surface area contributed by atoms with Gasteiger partial charge >= 0.3 is 0 Å². The van der Waals surface area contributed by atoms with E-state index in [9.17, 15) is 4.79 Å². The zero-order valence-corrected chi connectivity index (χ0v) is 11.4. The normalized spacial score (nSPS) is 16.3. The van der Waals surface area contributed by atoms with Crippen molar-refractivity contribution in [3.05, 3.63) is 35.5 Å². The molecule has 3 rings (SSSR count). The fraction of sp³-hybridized carbons (Fsp3) is 0.438. The summed E-state index contributed by atoms with van der Waals surface area (Å²) in [6, 6.07) is 6.28. The molecule has 1 saturated carbocycles. The van der Waals surface area contributed by atoms with Crippen molar-refractivity contribution in [3.8, 4) is 0 Å². The summed E-state index contributed by atoms with van der Waals surface area (Å²) in [7, 11) is 1.97. The van der Waals surface area contributed by atoms with Crippen LogP contribution in [0.25, 0.3) is 10.9 Å². The molecule has 0 saturated heterocycles. The molecule has 0 atom stereocenters. The third kappa shape index (κ3) is 2.14. The van der Waals surface area contributed by atoms with Gasteiger partial charge in [0.15, 0.2) is 0 Å². The van der Waals surface area contributed by atoms with Crippen LogP contribution in [0.15, 0.2) is 24.4 Å². The SMILES string of the molecule is Cn1cc(C(N)=O)c2c(CC3CCCC3)cccc21. The first-order valence-corrected chi connectivity index (χ1v) is 7.03. The molecule has 1 fully saturated rings. The average Bonchev–Trinajstić information content (AvgIpc) is 2.99. The van der Waals surface area contributed by atoms with Crippen LogP contribution in [0.3, 0.4) is 0 Å². The minimum Gasteiger partial charge on any atom is -0.366 e. The van der Waals surface area contributed by atoms with Gasteiger partial charge in [0.05, 0.1) is 5.56 Å². The number of fused-ring (bicyclic) bond motifs is 1. The van der Waals surface area contributed by atoms with Crippen LogP contribution < -0.4 is 5.73 Å². The van der Waals surface area contributed by atoms with E-state index >= 15 is 0 Å². The number of aromatic nitrogens is 1. The van der Waals surface area contributed by atoms with Crippen LogP contribution in [0.5, 0.6) is 0 Å². The zero-order valence-electron chi connectivity index (χ0n) is 11.4. The summed E-state index contributed by atoms with van der Waals surface area (Å²) in [5.41, 5.74) is 8.55. The molecule has 2 aromatic rings. The maximum Gasteiger partial charge on any atom is 0.250 e. The Morgan fingerprint density at radius 3 is 2.79 bits per heavy atom. The number of carbonyl (C=O) groups excluding carboxylic acids is 1. The topological polar surface area (TPSA) is 48.0 Å². The lowest BCUT2D eigenvalue weighted by atomic mass is 9.94. The van der Waals surface area contributed by atoms with E-state index in [-0.39, 0.29) is 5.91 Å². The molecule has 1 aliphatic carbocycles. The summed E-state index contributed by atoms with van der Waals surface area (Å²) in [5, 5.41) is 1.06. The molecule has 1 aliphatic rings. The summed E-state index contributed by atoms with van der Waals surface area (Å²) < 4.78 is 1.99. The molecule has 2 N–H and O–H groups in total. The van der Waals surface area contributed by atoms with Crippen molar-refractivity contribution in [1.29, 1.82) is 0 Å². The van der Waals surface area contributed by atoms with Crippen LogP contribution in [0.4, 0.5) is 0 Å². The summed E-state index contributed by atoms with van der Waals surface area (Å²) in [6.45, 7) is 0. The molecule has 19 heavy (non-hydrogen) atoms. The van der Waals surface area contributed by atoms with Gasteiger partial charge in [-0.05, 0) is 24.0 Å². The maximum absolute atomic E-state index is 11.6. The Morgan fingerprint density at radius 1 is 1.37 bits per heavy atom. The van der Waals surface area contributed by atoms with Crippen molar-refractivity contribution < 1.29 is 4.79 Å². The highest BCUT2D eigenvalue weighted by Gasteiger charge is 2.19. The van der Waals surface area contributed by atoms with Crippen molar-refractivity contribution in [2.24, 2.45) is 18.7 Å². The minimum atomic E-state index is -0.329. The van der Waals surface area contributed by atoms with E-state index < -0.39 is 0 Å². The van der Waals surface area contributed by atoms with Gasteiger partial charge < -0.3 is 10.3 Å². The van der Waals surface area contributed by atoms with Gasteiger partial charge in [-0.3, -0.25) is 4.79 Å². The van der Waals surface area contributed by atoms with Crippen molar-refractivity contribution >= 4 is 16.8 Å². The number of rotatable bonds is 3. The number of nitrogens with zero attached hydrogens (tertiary/aromatic N) is 1. The van der Waals surface area contributed by atoms with Gasteiger partial charge in [0.1, 0.15) is 0 Å². The molecule has 3 heteroatoms. The van der Waals surface area contributed by atoms with Gasteiger partial charge in [-0.15, -0.1) is 0 Å². The lowest BCUT2D eigenvalue weighted by Gasteiger charge is -2.11. The number of carbonyl (C=O) groups is 1. The number of benzene rings is 1. The number of aryl methyl sites for hydroxylation is 1. The summed E-state index contributed by atoms with van der Waals surface area (Å²) in [4.78, 5) is 11.6. The van der Waals surface area contributed by atoms with Crippen LogP contribution in [-0.2, 0) is 13.5 Å². The van der Waals surface area contributed by atoms with Gasteiger partial charge in [-0.1, -0.05) is 37.8 Å². The van der Waals surface area contributed by atoms with Gasteiger partial charge in [0.2, 0.25) is 0 Å². The van der Waals surface area contributed by atoms with Gasteiger partial charge in [0, 0.05) is 24.1 Å². The Balaban J connectivity index is 2.09. The molecule has 1 heterocycles. The Morgan fingerprint density at radius 2 is 2.11 bits per heavy atom. The van der Waals surface area contributed by atoms with Crippen LogP contribution >= 0.6 is 0 Å². The molecular weight excluding hydrogens is 236 g/mol. The van der Waals surface area contributed by atoms with Gasteiger partial charge in [0.25, 0.3) is 5.91 Å². The van der Waals surface area contributed by atoms with Crippen LogP contribution in [0.1, 0.15) is 41.6 Å². The Labute approximate surface area is 113 Å². The smallest absolute Gasteiger partial charge is 0.250 e. The largest absolute Gasteiger partial charge is 0.366 e. The van der Waals surface area contributed by atoms with Crippen molar-refractivity contribution in [3.63, 3.8) is 0 Å². The Hall–Kier alpha value is -1.77. The predicted molar refractivity (Wildman–Crippen MR) is 77.1 cm³/mol. The van der Waals surface area contributed by atoms with Crippen molar-refractivity contribution in [2.45, 2.75) is 32.1 Å². The molecular formula is C16H20N2O. The highest BCUT2D eigenvalue weighted by molar-refractivity contribution is 6.07. The molecule has 0 bridgehead atoms. The standard InChI is InChI=1S/C16H20N2O/c1-18-10-13(16(17)19)15-12(7-4-8-14(15)18)9-11-5-2-3-6-11/h4,7-8,10-11H,2-3,5-6,9H2,1H3,(H2,17,19). The van der Waals surface area contributed by atoms with Crippen LogP contribution in [0, 0.1) is 5.92 Å². The molecule has 1 aromatic heterocycles. The van der Waals surface area contributed by atoms with Crippen molar-refractivity contribution in [2.75, 3.05) is 0 Å². The lowest BCUT2D eigenvalue weighted by molar-refractivity contribution is 0.100. The second-order valence-corrected chi connectivity index (χ2v) is 5.68. The third-order valence-electron chi connectivity index (χ3n) is 4.35. The Kier molecular flexibility index (Phi) is 3.05. The summed E-state index contributed by atoms with van der Waals surface area (Å²) >= 11 is 0. The molecule has 1 aromatic carbocycles. The van der Waals surface area contributed by atoms with E-state index in [1.54, 1.807) is 0 Å². The molecule has 0 radical (unpaired) electrons. The van der Waals surface area contributed by atoms with E-state index in [1.807, 2.05) is 17.8 Å². The molecule has 100 valence electrons. The number of nitrogens with two attached hydrogens (primary N) is 1. The number of hydrogen-bond donors (Lipinski definition) is 1. The summed E-state index contributed by atoms with van der Waals surface area (Å²) in [6.07, 6.45) is 8.24. The fourth-order valence-corrected chi connectivity index (χ4v) is 3.40. The fourth-order valence-electron chi connectivity index (χ4n) is 3.40. The monoisotopic (exact) mass is 256 g/mol. The third-order valence-corrected chi connectivity index (χ3v) is 4.35. The molecule has 0 spiro atoms. The van der Waals surface area contributed by atoms with E-state index in [2.05, 4.69) is 18.2 Å². The Bertz CT molecular complexity index is 621. The van der Waals surface area contributed by atoms with Gasteiger partial charge in [-0.25, -0.2) is 0 Å². The zero-order chi connectivity index (χ0) is 13.4. The number of primary amides is 1. The first-order valence-electron chi connectivity index (χ1n) is 7.03. The van der Waals surface area contributed by atoms with Gasteiger partial charge in [-0.2, -0.15) is 0 Å². The molecule has 0 unspecified atom stereocenters. The lowest BCUT2D eigenvalue weighted by Crippen LogP contribution is -2.11. The second kappa shape index (κ2) is 4.72. The van der Waals surface area contributed by atoms with E-state index in [0.717, 1.165) is 23.2 Å². The maximum atomic E-state index is 11.6.